The Morgan fingerprint density at radius 3 is 2.76 bits per heavy atom. The molecule has 0 saturated heterocycles. The third kappa shape index (κ3) is 2.50. The number of halogens is 1. The summed E-state index contributed by atoms with van der Waals surface area (Å²) in [5, 5.41) is 7.28. The molecule has 0 N–H and O–H groups in total. The number of aromatic nitrogens is 3. The average molecular weight is 255 g/mol. The highest BCUT2D eigenvalue weighted by Crippen LogP contribution is 2.15. The van der Waals surface area contributed by atoms with Crippen molar-refractivity contribution < 1.29 is 12.8 Å². The van der Waals surface area contributed by atoms with Crippen LogP contribution in [0.25, 0.3) is 0 Å². The molecule has 0 spiro atoms. The van der Waals surface area contributed by atoms with Crippen LogP contribution < -0.4 is 0 Å². The maximum Gasteiger partial charge on any atom is 0.185 e. The fourth-order valence-electron chi connectivity index (χ4n) is 1.35. The molecule has 2 rings (SSSR count). The van der Waals surface area contributed by atoms with Crippen molar-refractivity contribution in [3.8, 4) is 0 Å². The highest BCUT2D eigenvalue weighted by atomic mass is 32.2. The molecule has 1 aromatic carbocycles. The molecule has 0 atom stereocenters. The lowest BCUT2D eigenvalue weighted by Crippen LogP contribution is -2.09. The Labute approximate surface area is 97.8 Å². The van der Waals surface area contributed by atoms with Gasteiger partial charge in [0.25, 0.3) is 0 Å². The number of sulfone groups is 1. The van der Waals surface area contributed by atoms with E-state index in [1.54, 1.807) is 7.05 Å². The summed E-state index contributed by atoms with van der Waals surface area (Å²) in [6.07, 6.45) is 1.41. The number of rotatable bonds is 3. The van der Waals surface area contributed by atoms with Gasteiger partial charge in [0.1, 0.15) is 23.7 Å². The second kappa shape index (κ2) is 4.25. The molecule has 0 radical (unpaired) electrons. The van der Waals surface area contributed by atoms with Crippen molar-refractivity contribution in [1.29, 1.82) is 0 Å². The lowest BCUT2D eigenvalue weighted by molar-refractivity contribution is 0.587. The van der Waals surface area contributed by atoms with E-state index in [-0.39, 0.29) is 10.6 Å². The van der Waals surface area contributed by atoms with E-state index >= 15 is 0 Å². The second-order valence-electron chi connectivity index (χ2n) is 3.57. The minimum atomic E-state index is -3.59. The molecule has 5 nitrogen and oxygen atoms in total. The van der Waals surface area contributed by atoms with E-state index in [0.29, 0.717) is 5.82 Å². The maximum atomic E-state index is 13.0. The Morgan fingerprint density at radius 1 is 1.41 bits per heavy atom. The van der Waals surface area contributed by atoms with Gasteiger partial charge in [0.15, 0.2) is 9.84 Å². The summed E-state index contributed by atoms with van der Waals surface area (Å²) < 4.78 is 38.4. The largest absolute Gasteiger partial charge is 0.320 e. The SMILES string of the molecule is Cn1cnnc1CS(=O)(=O)c1cccc(F)c1. The van der Waals surface area contributed by atoms with Crippen LogP contribution in [-0.2, 0) is 22.6 Å². The summed E-state index contributed by atoms with van der Waals surface area (Å²) in [6.45, 7) is 0. The average Bonchev–Trinajstić information content (AvgIpc) is 2.64. The van der Waals surface area contributed by atoms with Crippen LogP contribution in [0.3, 0.4) is 0 Å². The maximum absolute atomic E-state index is 13.0. The minimum Gasteiger partial charge on any atom is -0.320 e. The van der Waals surface area contributed by atoms with Gasteiger partial charge in [-0.2, -0.15) is 0 Å². The van der Waals surface area contributed by atoms with Crippen molar-refractivity contribution in [2.24, 2.45) is 7.05 Å². The second-order valence-corrected chi connectivity index (χ2v) is 5.56. The molecule has 1 aromatic heterocycles. The van der Waals surface area contributed by atoms with Crippen LogP contribution in [0.1, 0.15) is 5.82 Å². The van der Waals surface area contributed by atoms with E-state index in [1.807, 2.05) is 0 Å². The standard InChI is InChI=1S/C10H10FN3O2S/c1-14-7-12-13-10(14)6-17(15,16)9-4-2-3-8(11)5-9/h2-5,7H,6H2,1H3. The number of nitrogens with zero attached hydrogens (tertiary/aromatic N) is 3. The Kier molecular flexibility index (Phi) is 2.93. The predicted molar refractivity (Wildman–Crippen MR) is 58.3 cm³/mol. The fourth-order valence-corrected chi connectivity index (χ4v) is 2.70. The zero-order valence-electron chi connectivity index (χ0n) is 9.04. The van der Waals surface area contributed by atoms with Crippen molar-refractivity contribution in [3.63, 3.8) is 0 Å². The zero-order valence-corrected chi connectivity index (χ0v) is 9.85. The first-order valence-corrected chi connectivity index (χ1v) is 6.45. The third-order valence-corrected chi connectivity index (χ3v) is 3.89. The van der Waals surface area contributed by atoms with Gasteiger partial charge in [-0.15, -0.1) is 10.2 Å². The van der Waals surface area contributed by atoms with Gasteiger partial charge in [0.05, 0.1) is 4.90 Å². The molecular weight excluding hydrogens is 245 g/mol. The summed E-state index contributed by atoms with van der Waals surface area (Å²) in [4.78, 5) is -0.0551. The van der Waals surface area contributed by atoms with Gasteiger partial charge in [-0.05, 0) is 18.2 Å². The van der Waals surface area contributed by atoms with Crippen molar-refractivity contribution >= 4 is 9.84 Å². The predicted octanol–water partition coefficient (Wildman–Crippen LogP) is 0.928. The van der Waals surface area contributed by atoms with E-state index in [9.17, 15) is 12.8 Å². The molecule has 0 unspecified atom stereocenters. The quantitative estimate of drug-likeness (QED) is 0.818. The van der Waals surface area contributed by atoms with Crippen LogP contribution in [0.4, 0.5) is 4.39 Å². The molecule has 90 valence electrons. The molecule has 0 aliphatic carbocycles. The van der Waals surface area contributed by atoms with Gasteiger partial charge in [0, 0.05) is 7.05 Å². The van der Waals surface area contributed by atoms with E-state index in [2.05, 4.69) is 10.2 Å². The first kappa shape index (κ1) is 11.7. The molecule has 1 heterocycles. The highest BCUT2D eigenvalue weighted by Gasteiger charge is 2.18. The van der Waals surface area contributed by atoms with Crippen LogP contribution in [0, 0.1) is 5.82 Å². The molecule has 0 aliphatic heterocycles. The number of benzene rings is 1. The van der Waals surface area contributed by atoms with Gasteiger partial charge in [-0.1, -0.05) is 6.07 Å². The summed E-state index contributed by atoms with van der Waals surface area (Å²) in [7, 11) is -1.94. The lowest BCUT2D eigenvalue weighted by Gasteiger charge is -2.03. The van der Waals surface area contributed by atoms with Crippen molar-refractivity contribution in [2.75, 3.05) is 0 Å². The van der Waals surface area contributed by atoms with E-state index in [4.69, 9.17) is 0 Å². The summed E-state index contributed by atoms with van der Waals surface area (Å²) in [5.74, 6) is -0.564. The van der Waals surface area contributed by atoms with Crippen molar-refractivity contribution in [1.82, 2.24) is 14.8 Å². The summed E-state index contributed by atoms with van der Waals surface area (Å²) in [6, 6.07) is 4.90. The fraction of sp³-hybridized carbons (Fsp3) is 0.200. The van der Waals surface area contributed by atoms with Crippen molar-refractivity contribution in [3.05, 3.63) is 42.2 Å². The van der Waals surface area contributed by atoms with Crippen molar-refractivity contribution in [2.45, 2.75) is 10.6 Å². The van der Waals surface area contributed by atoms with Gasteiger partial charge in [0.2, 0.25) is 0 Å². The van der Waals surface area contributed by atoms with E-state index in [0.717, 1.165) is 6.07 Å². The third-order valence-electron chi connectivity index (χ3n) is 2.28. The monoisotopic (exact) mass is 255 g/mol. The number of hydrogen-bond acceptors (Lipinski definition) is 4. The first-order valence-electron chi connectivity index (χ1n) is 4.80. The Hall–Kier alpha value is -1.76. The van der Waals surface area contributed by atoms with Gasteiger partial charge < -0.3 is 4.57 Å². The van der Waals surface area contributed by atoms with Crippen LogP contribution >= 0.6 is 0 Å². The normalized spacial score (nSPS) is 11.6. The van der Waals surface area contributed by atoms with Crippen LogP contribution in [-0.4, -0.2) is 23.2 Å². The highest BCUT2D eigenvalue weighted by molar-refractivity contribution is 7.90. The molecule has 0 aliphatic rings. The summed E-state index contributed by atoms with van der Waals surface area (Å²) in [5.41, 5.74) is 0. The molecule has 0 saturated carbocycles. The summed E-state index contributed by atoms with van der Waals surface area (Å²) >= 11 is 0. The molecule has 17 heavy (non-hydrogen) atoms. The first-order chi connectivity index (χ1) is 7.99. The minimum absolute atomic E-state index is 0.0551. The Morgan fingerprint density at radius 2 is 2.18 bits per heavy atom. The molecule has 2 aromatic rings. The lowest BCUT2D eigenvalue weighted by atomic mass is 10.4. The molecule has 0 bridgehead atoms. The van der Waals surface area contributed by atoms with Gasteiger partial charge >= 0.3 is 0 Å². The van der Waals surface area contributed by atoms with Gasteiger partial charge in [-0.25, -0.2) is 12.8 Å². The smallest absolute Gasteiger partial charge is 0.185 e. The molecular formula is C10H10FN3O2S. The van der Waals surface area contributed by atoms with Crippen LogP contribution in [0.2, 0.25) is 0 Å². The number of aryl methyl sites for hydroxylation is 1. The zero-order chi connectivity index (χ0) is 12.5. The number of hydrogen-bond donors (Lipinski definition) is 0. The van der Waals surface area contributed by atoms with Gasteiger partial charge in [-0.3, -0.25) is 0 Å². The molecule has 0 amide bonds. The van der Waals surface area contributed by atoms with Crippen LogP contribution in [0.15, 0.2) is 35.5 Å². The van der Waals surface area contributed by atoms with Crippen LogP contribution in [0.5, 0.6) is 0 Å². The Balaban J connectivity index is 2.35. The topological polar surface area (TPSA) is 64.8 Å². The molecule has 7 heteroatoms. The van der Waals surface area contributed by atoms with E-state index in [1.165, 1.54) is 29.1 Å². The van der Waals surface area contributed by atoms with E-state index < -0.39 is 15.7 Å². The Bertz CT molecular complexity index is 637. The molecule has 0 fully saturated rings.